The van der Waals surface area contributed by atoms with Gasteiger partial charge < -0.3 is 19.5 Å². The molecule has 7 nitrogen and oxygen atoms in total. The number of nitro groups is 1. The Balaban J connectivity index is 1.88. The summed E-state index contributed by atoms with van der Waals surface area (Å²) in [5, 5.41) is 14.1. The normalized spacial score (nSPS) is 13.0. The number of nitro benzene ring substituents is 1. The molecule has 3 rings (SSSR count). The number of hydrogen-bond acceptors (Lipinski definition) is 6. The van der Waals surface area contributed by atoms with Gasteiger partial charge in [-0.3, -0.25) is 10.1 Å². The van der Waals surface area contributed by atoms with E-state index in [1.165, 1.54) is 13.2 Å². The molecule has 0 aliphatic carbocycles. The highest BCUT2D eigenvalue weighted by Crippen LogP contribution is 2.35. The fraction of sp³-hybridized carbons (Fsp3) is 0.294. The Labute approximate surface area is 143 Å². The molecule has 132 valence electrons. The van der Waals surface area contributed by atoms with Crippen molar-refractivity contribution in [2.75, 3.05) is 25.6 Å². The molecule has 0 unspecified atom stereocenters. The van der Waals surface area contributed by atoms with E-state index in [2.05, 4.69) is 5.32 Å². The third kappa shape index (κ3) is 3.57. The molecule has 1 aliphatic heterocycles. The quantitative estimate of drug-likeness (QED) is 0.658. The van der Waals surface area contributed by atoms with Gasteiger partial charge in [0, 0.05) is 24.6 Å². The van der Waals surface area contributed by atoms with Crippen molar-refractivity contribution in [3.8, 4) is 17.2 Å². The lowest BCUT2D eigenvalue weighted by molar-refractivity contribution is -0.384. The summed E-state index contributed by atoms with van der Waals surface area (Å²) >= 11 is 0. The van der Waals surface area contributed by atoms with Crippen LogP contribution in [0.3, 0.4) is 0 Å². The summed E-state index contributed by atoms with van der Waals surface area (Å²) < 4.78 is 30.0. The van der Waals surface area contributed by atoms with Crippen molar-refractivity contribution in [3.05, 3.63) is 51.8 Å². The number of anilines is 1. The maximum Gasteiger partial charge on any atom is 0.295 e. The summed E-state index contributed by atoms with van der Waals surface area (Å²) in [5.41, 5.74) is 0.588. The van der Waals surface area contributed by atoms with E-state index in [9.17, 15) is 14.5 Å². The van der Waals surface area contributed by atoms with Gasteiger partial charge in [-0.1, -0.05) is 12.1 Å². The lowest BCUT2D eigenvalue weighted by atomic mass is 10.1. The molecule has 0 saturated carbocycles. The van der Waals surface area contributed by atoms with Crippen molar-refractivity contribution < 1.29 is 23.5 Å². The Morgan fingerprint density at radius 3 is 2.88 bits per heavy atom. The first-order chi connectivity index (χ1) is 12.1. The van der Waals surface area contributed by atoms with Gasteiger partial charge in [0.05, 0.1) is 31.3 Å². The van der Waals surface area contributed by atoms with Crippen molar-refractivity contribution in [1.82, 2.24) is 0 Å². The van der Waals surface area contributed by atoms with Crippen LogP contribution in [-0.2, 0) is 6.54 Å². The van der Waals surface area contributed by atoms with Crippen LogP contribution in [0.4, 0.5) is 15.8 Å². The molecule has 0 aromatic heterocycles. The van der Waals surface area contributed by atoms with Crippen LogP contribution in [0.2, 0.25) is 0 Å². The lowest BCUT2D eigenvalue weighted by Gasteiger charge is -2.14. The SMILES string of the molecule is COc1cc(NCc2cccc3c2OCCCO3)c([N+](=O)[O-])cc1F. The molecular weight excluding hydrogens is 331 g/mol. The number of rotatable bonds is 5. The van der Waals surface area contributed by atoms with Crippen LogP contribution >= 0.6 is 0 Å². The first-order valence-corrected chi connectivity index (χ1v) is 7.73. The fourth-order valence-corrected chi connectivity index (χ4v) is 2.58. The van der Waals surface area contributed by atoms with Gasteiger partial charge in [-0.25, -0.2) is 4.39 Å². The van der Waals surface area contributed by atoms with Crippen LogP contribution in [0, 0.1) is 15.9 Å². The first-order valence-electron chi connectivity index (χ1n) is 7.73. The molecule has 0 radical (unpaired) electrons. The molecule has 0 amide bonds. The van der Waals surface area contributed by atoms with Gasteiger partial charge in [-0.15, -0.1) is 0 Å². The standard InChI is InChI=1S/C17H17FN2O5/c1-23-16-9-13(14(20(21)22)8-12(16)18)19-10-11-4-2-5-15-17(11)25-7-3-6-24-15/h2,4-5,8-9,19H,3,6-7,10H2,1H3. The molecule has 1 heterocycles. The summed E-state index contributed by atoms with van der Waals surface area (Å²) in [6.45, 7) is 1.36. The first kappa shape index (κ1) is 16.8. The number of nitrogens with zero attached hydrogens (tertiary/aromatic N) is 1. The largest absolute Gasteiger partial charge is 0.494 e. The van der Waals surface area contributed by atoms with Crippen LogP contribution in [0.25, 0.3) is 0 Å². The van der Waals surface area contributed by atoms with E-state index in [1.54, 1.807) is 0 Å². The number of hydrogen-bond donors (Lipinski definition) is 1. The number of ether oxygens (including phenoxy) is 3. The van der Waals surface area contributed by atoms with Gasteiger partial charge in [-0.05, 0) is 6.07 Å². The molecule has 1 N–H and O–H groups in total. The van der Waals surface area contributed by atoms with E-state index in [-0.39, 0.29) is 23.7 Å². The summed E-state index contributed by atoms with van der Waals surface area (Å²) in [5.74, 6) is 0.400. The van der Waals surface area contributed by atoms with Gasteiger partial charge in [0.25, 0.3) is 5.69 Å². The summed E-state index contributed by atoms with van der Waals surface area (Å²) in [6.07, 6.45) is 0.780. The Bertz CT molecular complexity index is 797. The second-order valence-electron chi connectivity index (χ2n) is 5.41. The van der Waals surface area contributed by atoms with E-state index < -0.39 is 10.7 Å². The molecule has 0 fully saturated rings. The van der Waals surface area contributed by atoms with Gasteiger partial charge in [-0.2, -0.15) is 0 Å². The van der Waals surface area contributed by atoms with Gasteiger partial charge in [0.1, 0.15) is 5.69 Å². The molecular formula is C17H17FN2O5. The Kier molecular flexibility index (Phi) is 4.87. The van der Waals surface area contributed by atoms with Crippen molar-refractivity contribution in [2.45, 2.75) is 13.0 Å². The molecule has 1 aliphatic rings. The second-order valence-corrected chi connectivity index (χ2v) is 5.41. The fourth-order valence-electron chi connectivity index (χ4n) is 2.58. The Hall–Kier alpha value is -3.03. The second kappa shape index (κ2) is 7.25. The van der Waals surface area contributed by atoms with Crippen molar-refractivity contribution in [3.63, 3.8) is 0 Å². The zero-order valence-electron chi connectivity index (χ0n) is 13.6. The van der Waals surface area contributed by atoms with Crippen LogP contribution in [0.5, 0.6) is 17.2 Å². The van der Waals surface area contributed by atoms with Crippen molar-refractivity contribution >= 4 is 11.4 Å². The van der Waals surface area contributed by atoms with Gasteiger partial charge >= 0.3 is 0 Å². The highest BCUT2D eigenvalue weighted by atomic mass is 19.1. The zero-order chi connectivity index (χ0) is 17.8. The van der Waals surface area contributed by atoms with E-state index in [4.69, 9.17) is 14.2 Å². The van der Waals surface area contributed by atoms with Crippen LogP contribution < -0.4 is 19.5 Å². The number of methoxy groups -OCH3 is 1. The molecule has 25 heavy (non-hydrogen) atoms. The predicted molar refractivity (Wildman–Crippen MR) is 89.0 cm³/mol. The zero-order valence-corrected chi connectivity index (χ0v) is 13.6. The smallest absolute Gasteiger partial charge is 0.295 e. The number of fused-ring (bicyclic) bond motifs is 1. The van der Waals surface area contributed by atoms with Crippen molar-refractivity contribution in [2.24, 2.45) is 0 Å². The summed E-state index contributed by atoms with van der Waals surface area (Å²) in [7, 11) is 1.30. The summed E-state index contributed by atoms with van der Waals surface area (Å²) in [4.78, 5) is 10.5. The molecule has 0 saturated heterocycles. The number of para-hydroxylation sites is 1. The maximum atomic E-state index is 13.7. The lowest BCUT2D eigenvalue weighted by Crippen LogP contribution is -2.06. The minimum atomic E-state index is -0.787. The Morgan fingerprint density at radius 1 is 1.32 bits per heavy atom. The van der Waals surface area contributed by atoms with Crippen LogP contribution in [0.15, 0.2) is 30.3 Å². The minimum Gasteiger partial charge on any atom is -0.494 e. The highest BCUT2D eigenvalue weighted by molar-refractivity contribution is 5.65. The highest BCUT2D eigenvalue weighted by Gasteiger charge is 2.20. The van der Waals surface area contributed by atoms with E-state index in [0.717, 1.165) is 18.1 Å². The van der Waals surface area contributed by atoms with Gasteiger partial charge in [0.2, 0.25) is 0 Å². The third-order valence-corrected chi connectivity index (χ3v) is 3.79. The van der Waals surface area contributed by atoms with E-state index >= 15 is 0 Å². The molecule has 0 atom stereocenters. The monoisotopic (exact) mass is 348 g/mol. The van der Waals surface area contributed by atoms with Crippen LogP contribution in [0.1, 0.15) is 12.0 Å². The topological polar surface area (TPSA) is 82.9 Å². The number of nitrogens with one attached hydrogen (secondary N) is 1. The third-order valence-electron chi connectivity index (χ3n) is 3.79. The number of halogens is 1. The number of benzene rings is 2. The molecule has 2 aromatic rings. The Morgan fingerprint density at radius 2 is 2.12 bits per heavy atom. The van der Waals surface area contributed by atoms with Gasteiger partial charge in [0.15, 0.2) is 23.1 Å². The molecule has 2 aromatic carbocycles. The molecule has 8 heteroatoms. The molecule has 0 spiro atoms. The van der Waals surface area contributed by atoms with E-state index in [1.807, 2.05) is 18.2 Å². The van der Waals surface area contributed by atoms with Crippen LogP contribution in [-0.4, -0.2) is 25.2 Å². The maximum absolute atomic E-state index is 13.7. The summed E-state index contributed by atoms with van der Waals surface area (Å²) in [6, 6.07) is 7.59. The predicted octanol–water partition coefficient (Wildman–Crippen LogP) is 3.52. The average molecular weight is 348 g/mol. The average Bonchev–Trinajstić information content (AvgIpc) is 2.86. The van der Waals surface area contributed by atoms with E-state index in [0.29, 0.717) is 24.7 Å². The minimum absolute atomic E-state index is 0.0698. The van der Waals surface area contributed by atoms with Crippen molar-refractivity contribution in [1.29, 1.82) is 0 Å². The molecule has 0 bridgehead atoms.